The number of rotatable bonds is 2. The van der Waals surface area contributed by atoms with Crippen molar-refractivity contribution in [1.82, 2.24) is 0 Å². The van der Waals surface area contributed by atoms with Crippen molar-refractivity contribution >= 4 is 0 Å². The number of nitrogens with two attached hydrogens (primary N) is 1. The Kier molecular flexibility index (Phi) is 3.55. The van der Waals surface area contributed by atoms with E-state index in [2.05, 4.69) is 45.9 Å². The van der Waals surface area contributed by atoms with Crippen LogP contribution in [0.1, 0.15) is 56.2 Å². The lowest BCUT2D eigenvalue weighted by molar-refractivity contribution is 0.0988. The van der Waals surface area contributed by atoms with Crippen molar-refractivity contribution in [2.45, 2.75) is 65.3 Å². The van der Waals surface area contributed by atoms with E-state index in [1.54, 1.807) is 0 Å². The fourth-order valence-electron chi connectivity index (χ4n) is 3.37. The van der Waals surface area contributed by atoms with Gasteiger partial charge in [-0.05, 0) is 55.2 Å². The van der Waals surface area contributed by atoms with Crippen LogP contribution in [-0.4, -0.2) is 5.54 Å². The molecule has 1 fully saturated rings. The number of hydrogen-bond donors (Lipinski definition) is 1. The lowest BCUT2D eigenvalue weighted by Crippen LogP contribution is -2.56. The molecule has 0 aromatic heterocycles. The van der Waals surface area contributed by atoms with Crippen LogP contribution in [-0.2, 0) is 6.42 Å². The van der Waals surface area contributed by atoms with E-state index in [4.69, 9.17) is 5.73 Å². The lowest BCUT2D eigenvalue weighted by Gasteiger charge is -2.48. The molecule has 18 heavy (non-hydrogen) atoms. The zero-order chi connectivity index (χ0) is 13.4. The third kappa shape index (κ3) is 2.33. The van der Waals surface area contributed by atoms with Crippen LogP contribution in [0.5, 0.6) is 0 Å². The second-order valence-corrected chi connectivity index (χ2v) is 6.79. The van der Waals surface area contributed by atoms with E-state index in [0.717, 1.165) is 12.8 Å². The second kappa shape index (κ2) is 4.70. The molecule has 0 saturated heterocycles. The summed E-state index contributed by atoms with van der Waals surface area (Å²) in [6.07, 6.45) is 6.06. The van der Waals surface area contributed by atoms with Crippen LogP contribution < -0.4 is 5.73 Å². The molecule has 0 radical (unpaired) electrons. The molecule has 1 atom stereocenters. The van der Waals surface area contributed by atoms with Gasteiger partial charge in [-0.25, -0.2) is 0 Å². The molecule has 100 valence electrons. The molecule has 1 aliphatic carbocycles. The summed E-state index contributed by atoms with van der Waals surface area (Å²) in [5, 5.41) is 0. The van der Waals surface area contributed by atoms with Gasteiger partial charge < -0.3 is 5.73 Å². The molecular formula is C17H27N. The summed E-state index contributed by atoms with van der Waals surface area (Å²) in [6, 6.07) is 6.56. The minimum Gasteiger partial charge on any atom is -0.324 e. The molecule has 1 nitrogen and oxygen atoms in total. The minimum atomic E-state index is -0.0396. The predicted octanol–water partition coefficient (Wildman–Crippen LogP) is 4.14. The Bertz CT molecular complexity index is 413. The molecular weight excluding hydrogens is 218 g/mol. The third-order valence-corrected chi connectivity index (χ3v) is 5.16. The maximum atomic E-state index is 6.81. The lowest BCUT2D eigenvalue weighted by atomic mass is 9.61. The van der Waals surface area contributed by atoms with E-state index in [0.29, 0.717) is 0 Å². The van der Waals surface area contributed by atoms with Gasteiger partial charge in [0.1, 0.15) is 0 Å². The Morgan fingerprint density at radius 3 is 2.17 bits per heavy atom. The zero-order valence-electron chi connectivity index (χ0n) is 12.3. The monoisotopic (exact) mass is 245 g/mol. The topological polar surface area (TPSA) is 26.0 Å². The molecule has 1 heteroatoms. The quantitative estimate of drug-likeness (QED) is 0.832. The average Bonchev–Trinajstić information content (AvgIpc) is 2.28. The van der Waals surface area contributed by atoms with E-state index in [1.165, 1.54) is 36.0 Å². The van der Waals surface area contributed by atoms with Gasteiger partial charge in [-0.3, -0.25) is 0 Å². The molecule has 0 heterocycles. The van der Waals surface area contributed by atoms with Gasteiger partial charge in [0.2, 0.25) is 0 Å². The van der Waals surface area contributed by atoms with Gasteiger partial charge in [0.05, 0.1) is 0 Å². The maximum absolute atomic E-state index is 6.81. The van der Waals surface area contributed by atoms with Crippen LogP contribution in [0.2, 0.25) is 0 Å². The van der Waals surface area contributed by atoms with Crippen molar-refractivity contribution in [3.8, 4) is 0 Å². The fourth-order valence-corrected chi connectivity index (χ4v) is 3.37. The summed E-state index contributed by atoms with van der Waals surface area (Å²) in [5.74, 6) is 0. The molecule has 0 spiro atoms. The Hall–Kier alpha value is -0.820. The highest BCUT2D eigenvalue weighted by atomic mass is 14.8. The smallest absolute Gasteiger partial charge is 0.0247 e. The van der Waals surface area contributed by atoms with Crippen LogP contribution in [0.25, 0.3) is 0 Å². The van der Waals surface area contributed by atoms with Crippen molar-refractivity contribution in [3.63, 3.8) is 0 Å². The summed E-state index contributed by atoms with van der Waals surface area (Å²) < 4.78 is 0. The summed E-state index contributed by atoms with van der Waals surface area (Å²) in [4.78, 5) is 0. The van der Waals surface area contributed by atoms with Gasteiger partial charge in [-0.2, -0.15) is 0 Å². The van der Waals surface area contributed by atoms with Gasteiger partial charge in [-0.1, -0.05) is 44.9 Å². The first kappa shape index (κ1) is 13.6. The highest BCUT2D eigenvalue weighted by molar-refractivity contribution is 5.35. The van der Waals surface area contributed by atoms with Crippen LogP contribution in [0.3, 0.4) is 0 Å². The van der Waals surface area contributed by atoms with E-state index in [9.17, 15) is 0 Å². The Morgan fingerprint density at radius 2 is 1.61 bits per heavy atom. The first-order chi connectivity index (χ1) is 8.36. The van der Waals surface area contributed by atoms with Crippen LogP contribution in [0.4, 0.5) is 0 Å². The third-order valence-electron chi connectivity index (χ3n) is 5.16. The van der Waals surface area contributed by atoms with E-state index in [1.807, 2.05) is 0 Å². The molecule has 1 saturated carbocycles. The van der Waals surface area contributed by atoms with Gasteiger partial charge in [0.15, 0.2) is 0 Å². The first-order valence-corrected chi connectivity index (χ1v) is 7.20. The van der Waals surface area contributed by atoms with Gasteiger partial charge in [0, 0.05) is 5.54 Å². The van der Waals surface area contributed by atoms with Crippen molar-refractivity contribution in [3.05, 3.63) is 34.9 Å². The molecule has 0 amide bonds. The largest absolute Gasteiger partial charge is 0.324 e. The number of aryl methyl sites for hydroxylation is 2. The Labute approximate surface area is 112 Å². The summed E-state index contributed by atoms with van der Waals surface area (Å²) >= 11 is 0. The van der Waals surface area contributed by atoms with E-state index in [-0.39, 0.29) is 11.0 Å². The first-order valence-electron chi connectivity index (χ1n) is 7.20. The highest BCUT2D eigenvalue weighted by Crippen LogP contribution is 2.44. The maximum Gasteiger partial charge on any atom is 0.0247 e. The van der Waals surface area contributed by atoms with Gasteiger partial charge in [-0.15, -0.1) is 0 Å². The average molecular weight is 245 g/mol. The second-order valence-electron chi connectivity index (χ2n) is 6.79. The van der Waals surface area contributed by atoms with E-state index >= 15 is 0 Å². The molecule has 1 aromatic carbocycles. The molecule has 2 N–H and O–H groups in total. The summed E-state index contributed by atoms with van der Waals surface area (Å²) in [6.45, 7) is 9.11. The standard InChI is InChI=1S/C17H27N/c1-13-8-7-9-14(2)15(13)12-17(18)11-6-5-10-16(17,3)4/h7-9H,5-6,10-12,18H2,1-4H3. The van der Waals surface area contributed by atoms with Crippen molar-refractivity contribution < 1.29 is 0 Å². The van der Waals surface area contributed by atoms with Gasteiger partial charge >= 0.3 is 0 Å². The van der Waals surface area contributed by atoms with Crippen LogP contribution in [0, 0.1) is 19.3 Å². The van der Waals surface area contributed by atoms with Gasteiger partial charge in [0.25, 0.3) is 0 Å². The van der Waals surface area contributed by atoms with Crippen LogP contribution >= 0.6 is 0 Å². The summed E-state index contributed by atoms with van der Waals surface area (Å²) in [7, 11) is 0. The van der Waals surface area contributed by atoms with Crippen molar-refractivity contribution in [1.29, 1.82) is 0 Å². The zero-order valence-corrected chi connectivity index (χ0v) is 12.3. The molecule has 1 aromatic rings. The van der Waals surface area contributed by atoms with Crippen molar-refractivity contribution in [2.24, 2.45) is 11.1 Å². The Balaban J connectivity index is 2.32. The van der Waals surface area contributed by atoms with Crippen LogP contribution in [0.15, 0.2) is 18.2 Å². The highest BCUT2D eigenvalue weighted by Gasteiger charge is 2.43. The van der Waals surface area contributed by atoms with Crippen molar-refractivity contribution in [2.75, 3.05) is 0 Å². The normalized spacial score (nSPS) is 27.2. The SMILES string of the molecule is Cc1cccc(C)c1CC1(N)CCCCC1(C)C. The van der Waals surface area contributed by atoms with E-state index < -0.39 is 0 Å². The summed E-state index contributed by atoms with van der Waals surface area (Å²) in [5.41, 5.74) is 11.3. The molecule has 1 unspecified atom stereocenters. The molecule has 0 aliphatic heterocycles. The predicted molar refractivity (Wildman–Crippen MR) is 78.8 cm³/mol. The fraction of sp³-hybridized carbons (Fsp3) is 0.647. The number of hydrogen-bond acceptors (Lipinski definition) is 1. The minimum absolute atomic E-state index is 0.0396. The molecule has 2 rings (SSSR count). The molecule has 0 bridgehead atoms. The molecule has 1 aliphatic rings. The number of benzene rings is 1. The Morgan fingerprint density at radius 1 is 1.06 bits per heavy atom.